The number of carboxylic acids is 1. The zero-order valence-corrected chi connectivity index (χ0v) is 16.0. The Hall–Kier alpha value is -1.68. The first-order valence-corrected chi connectivity index (χ1v) is 10.9. The number of nitrogens with one attached hydrogen (secondary N) is 2. The summed E-state index contributed by atoms with van der Waals surface area (Å²) in [7, 11) is -4.38. The van der Waals surface area contributed by atoms with Crippen LogP contribution in [0.1, 0.15) is 44.9 Å². The third-order valence-electron chi connectivity index (χ3n) is 5.91. The summed E-state index contributed by atoms with van der Waals surface area (Å²) in [5, 5.41) is 13.4. The van der Waals surface area contributed by atoms with Gasteiger partial charge in [0.25, 0.3) is 10.1 Å². The van der Waals surface area contributed by atoms with Crippen molar-refractivity contribution in [1.29, 1.82) is 0 Å². The molecule has 0 spiro atoms. The van der Waals surface area contributed by atoms with Gasteiger partial charge in [-0.1, -0.05) is 0 Å². The molecule has 2 saturated carbocycles. The van der Waals surface area contributed by atoms with Gasteiger partial charge in [-0.25, -0.2) is 0 Å². The SMILES string of the molecule is O=CNCC1CCC(C(=O)NCC2CCC(C(=O)O)CC2S(=O)(=O)O)CC1. The molecule has 27 heavy (non-hydrogen) atoms. The average Bonchev–Trinajstić information content (AvgIpc) is 2.63. The molecule has 3 unspecified atom stereocenters. The first-order valence-electron chi connectivity index (χ1n) is 9.36. The van der Waals surface area contributed by atoms with Gasteiger partial charge in [-0.3, -0.25) is 18.9 Å². The molecule has 3 atom stereocenters. The fourth-order valence-electron chi connectivity index (χ4n) is 4.23. The third kappa shape index (κ3) is 6.17. The van der Waals surface area contributed by atoms with Gasteiger partial charge in [-0.15, -0.1) is 0 Å². The monoisotopic (exact) mass is 404 g/mol. The van der Waals surface area contributed by atoms with Crippen molar-refractivity contribution in [2.75, 3.05) is 13.1 Å². The van der Waals surface area contributed by atoms with Gasteiger partial charge in [-0.2, -0.15) is 8.42 Å². The molecule has 2 rings (SSSR count). The summed E-state index contributed by atoms with van der Waals surface area (Å²) in [6.45, 7) is 0.725. The molecule has 2 aliphatic rings. The van der Waals surface area contributed by atoms with Crippen LogP contribution in [-0.2, 0) is 24.5 Å². The number of amides is 2. The summed E-state index contributed by atoms with van der Waals surface area (Å²) in [6.07, 6.45) is 4.30. The second kappa shape index (κ2) is 9.50. The van der Waals surface area contributed by atoms with Crippen molar-refractivity contribution in [3.8, 4) is 0 Å². The summed E-state index contributed by atoms with van der Waals surface area (Å²) in [4.78, 5) is 33.9. The first-order chi connectivity index (χ1) is 12.7. The van der Waals surface area contributed by atoms with Crippen molar-refractivity contribution in [2.24, 2.45) is 23.7 Å². The molecule has 10 heteroatoms. The lowest BCUT2D eigenvalue weighted by Gasteiger charge is -2.33. The molecule has 4 N–H and O–H groups in total. The number of rotatable bonds is 8. The van der Waals surface area contributed by atoms with Crippen LogP contribution in [0.3, 0.4) is 0 Å². The lowest BCUT2D eigenvalue weighted by molar-refractivity contribution is -0.143. The Kier molecular flexibility index (Phi) is 7.60. The minimum atomic E-state index is -4.38. The second-order valence-corrected chi connectivity index (χ2v) is 9.29. The van der Waals surface area contributed by atoms with Crippen molar-refractivity contribution in [3.05, 3.63) is 0 Å². The number of carbonyl (C=O) groups is 3. The van der Waals surface area contributed by atoms with Gasteiger partial charge in [0, 0.05) is 19.0 Å². The smallest absolute Gasteiger partial charge is 0.306 e. The maximum atomic E-state index is 12.4. The molecular weight excluding hydrogens is 376 g/mol. The molecule has 2 amide bonds. The van der Waals surface area contributed by atoms with E-state index >= 15 is 0 Å². The summed E-state index contributed by atoms with van der Waals surface area (Å²) >= 11 is 0. The van der Waals surface area contributed by atoms with Crippen molar-refractivity contribution in [3.63, 3.8) is 0 Å². The van der Waals surface area contributed by atoms with Gasteiger partial charge >= 0.3 is 5.97 Å². The molecular formula is C17H28N2O7S. The number of carbonyl (C=O) groups excluding carboxylic acids is 2. The van der Waals surface area contributed by atoms with Gasteiger partial charge in [0.15, 0.2) is 0 Å². The van der Waals surface area contributed by atoms with Gasteiger partial charge < -0.3 is 15.7 Å². The zero-order valence-electron chi connectivity index (χ0n) is 15.2. The number of aliphatic carboxylic acids is 1. The Balaban J connectivity index is 1.85. The normalized spacial score (nSPS) is 31.7. The van der Waals surface area contributed by atoms with E-state index in [4.69, 9.17) is 5.11 Å². The molecule has 0 aromatic heterocycles. The van der Waals surface area contributed by atoms with Crippen molar-refractivity contribution in [2.45, 2.75) is 50.2 Å². The average molecular weight is 404 g/mol. The van der Waals surface area contributed by atoms with Gasteiger partial charge in [0.2, 0.25) is 12.3 Å². The highest BCUT2D eigenvalue weighted by Gasteiger charge is 2.41. The molecule has 0 saturated heterocycles. The fourth-order valence-corrected chi connectivity index (χ4v) is 5.43. The molecule has 0 aromatic rings. The Morgan fingerprint density at radius 3 is 2.19 bits per heavy atom. The highest BCUT2D eigenvalue weighted by molar-refractivity contribution is 7.86. The van der Waals surface area contributed by atoms with E-state index in [1.807, 2.05) is 0 Å². The van der Waals surface area contributed by atoms with Crippen molar-refractivity contribution < 1.29 is 32.5 Å². The molecule has 154 valence electrons. The van der Waals surface area contributed by atoms with Crippen LogP contribution in [0.15, 0.2) is 0 Å². The zero-order chi connectivity index (χ0) is 20.0. The Labute approximate surface area is 159 Å². The fraction of sp³-hybridized carbons (Fsp3) is 0.824. The van der Waals surface area contributed by atoms with Crippen molar-refractivity contribution in [1.82, 2.24) is 10.6 Å². The van der Waals surface area contributed by atoms with Crippen molar-refractivity contribution >= 4 is 28.4 Å². The molecule has 0 aromatic carbocycles. The van der Waals surface area contributed by atoms with Crippen LogP contribution in [0.2, 0.25) is 0 Å². The quantitative estimate of drug-likeness (QED) is 0.338. The maximum absolute atomic E-state index is 12.4. The molecule has 9 nitrogen and oxygen atoms in total. The summed E-state index contributed by atoms with van der Waals surface area (Å²) in [5.74, 6) is -2.25. The predicted octanol–water partition coefficient (Wildman–Crippen LogP) is 0.412. The topological polar surface area (TPSA) is 150 Å². The molecule has 0 heterocycles. The summed E-state index contributed by atoms with van der Waals surface area (Å²) < 4.78 is 32.8. The molecule has 2 aliphatic carbocycles. The van der Waals surface area contributed by atoms with E-state index in [0.29, 0.717) is 44.6 Å². The van der Waals surface area contributed by atoms with Crippen LogP contribution in [-0.4, -0.2) is 54.7 Å². The minimum absolute atomic E-state index is 0.113. The highest BCUT2D eigenvalue weighted by atomic mass is 32.2. The van der Waals surface area contributed by atoms with E-state index in [2.05, 4.69) is 10.6 Å². The van der Waals surface area contributed by atoms with Crippen LogP contribution in [0.25, 0.3) is 0 Å². The van der Waals surface area contributed by atoms with E-state index in [1.165, 1.54) is 0 Å². The summed E-state index contributed by atoms with van der Waals surface area (Å²) in [5.41, 5.74) is 0. The van der Waals surface area contributed by atoms with Crippen LogP contribution in [0, 0.1) is 23.7 Å². The standard InChI is InChI=1S/C17H28N2O7S/c20-10-18-8-11-1-3-12(4-2-11)16(21)19-9-14-6-5-13(17(22)23)7-15(14)27(24,25)26/h10-15H,1-9H2,(H,18,20)(H,19,21)(H,22,23)(H,24,25,26). The van der Waals surface area contributed by atoms with E-state index < -0.39 is 33.2 Å². The lowest BCUT2D eigenvalue weighted by Crippen LogP contribution is -2.45. The lowest BCUT2D eigenvalue weighted by atomic mass is 9.80. The van der Waals surface area contributed by atoms with E-state index in [1.54, 1.807) is 0 Å². The summed E-state index contributed by atoms with van der Waals surface area (Å²) in [6, 6.07) is 0. The van der Waals surface area contributed by atoms with Crippen LogP contribution in [0.4, 0.5) is 0 Å². The predicted molar refractivity (Wildman–Crippen MR) is 96.3 cm³/mol. The first kappa shape index (κ1) is 21.6. The number of hydrogen-bond acceptors (Lipinski definition) is 5. The number of hydrogen-bond donors (Lipinski definition) is 4. The van der Waals surface area contributed by atoms with Gasteiger partial charge in [-0.05, 0) is 56.8 Å². The van der Waals surface area contributed by atoms with Gasteiger partial charge in [0.05, 0.1) is 11.2 Å². The highest BCUT2D eigenvalue weighted by Crippen LogP contribution is 2.33. The molecule has 0 radical (unpaired) electrons. The van der Waals surface area contributed by atoms with E-state index in [0.717, 1.165) is 12.8 Å². The molecule has 0 aliphatic heterocycles. The van der Waals surface area contributed by atoms with Gasteiger partial charge in [0.1, 0.15) is 0 Å². The largest absolute Gasteiger partial charge is 0.481 e. The second-order valence-electron chi connectivity index (χ2n) is 7.65. The van der Waals surface area contributed by atoms with E-state index in [-0.39, 0.29) is 24.8 Å². The Morgan fingerprint density at radius 2 is 1.63 bits per heavy atom. The van der Waals surface area contributed by atoms with Crippen LogP contribution >= 0.6 is 0 Å². The Bertz CT molecular complexity index is 644. The maximum Gasteiger partial charge on any atom is 0.306 e. The third-order valence-corrected chi connectivity index (χ3v) is 7.25. The molecule has 0 bridgehead atoms. The van der Waals surface area contributed by atoms with E-state index in [9.17, 15) is 27.4 Å². The van der Waals surface area contributed by atoms with Crippen LogP contribution in [0.5, 0.6) is 0 Å². The Morgan fingerprint density at radius 1 is 1.00 bits per heavy atom. The number of carboxylic acid groups (broad SMARTS) is 1. The molecule has 2 fully saturated rings. The minimum Gasteiger partial charge on any atom is -0.481 e. The van der Waals surface area contributed by atoms with Crippen LogP contribution < -0.4 is 10.6 Å².